The van der Waals surface area contributed by atoms with Gasteiger partial charge in [-0.15, -0.1) is 5.10 Å². The molecule has 3 rings (SSSR count). The predicted octanol–water partition coefficient (Wildman–Crippen LogP) is 3.94. The summed E-state index contributed by atoms with van der Waals surface area (Å²) < 4.78 is 5.63. The van der Waals surface area contributed by atoms with Gasteiger partial charge < -0.3 is 14.6 Å². The highest BCUT2D eigenvalue weighted by Crippen LogP contribution is 2.30. The molecule has 0 fully saturated rings. The number of aliphatic carboxylic acids is 1. The van der Waals surface area contributed by atoms with Gasteiger partial charge in [0.15, 0.2) is 0 Å². The Hall–Kier alpha value is -3.04. The summed E-state index contributed by atoms with van der Waals surface area (Å²) in [5.74, 6) is -1.07. The van der Waals surface area contributed by atoms with Crippen LogP contribution in [0.25, 0.3) is 17.4 Å². The number of halogens is 1. The van der Waals surface area contributed by atoms with E-state index in [2.05, 4.69) is 15.2 Å². The third-order valence-electron chi connectivity index (χ3n) is 3.37. The smallest absolute Gasteiger partial charge is 0.342 e. The van der Waals surface area contributed by atoms with Crippen molar-refractivity contribution < 1.29 is 24.2 Å². The summed E-state index contributed by atoms with van der Waals surface area (Å²) in [5.41, 5.74) is 0.454. The first-order valence-corrected chi connectivity index (χ1v) is 8.68. The lowest BCUT2D eigenvalue weighted by Gasteiger charge is -2.02. The highest BCUT2D eigenvalue weighted by atomic mass is 35.5. The molecule has 0 aliphatic rings. The second-order valence-electron chi connectivity index (χ2n) is 5.32. The SMILES string of the molecule is Cc1nc(S/C(=C\c2ccc(-c3ccc(Cl)c(C(=O)O)c3)o2)C(=O)O)n[nH]1. The van der Waals surface area contributed by atoms with Gasteiger partial charge in [0.2, 0.25) is 5.16 Å². The summed E-state index contributed by atoms with van der Waals surface area (Å²) >= 11 is 6.74. The van der Waals surface area contributed by atoms with E-state index in [9.17, 15) is 14.7 Å². The van der Waals surface area contributed by atoms with E-state index in [0.29, 0.717) is 17.1 Å². The highest BCUT2D eigenvalue weighted by molar-refractivity contribution is 8.04. The van der Waals surface area contributed by atoms with Gasteiger partial charge in [-0.3, -0.25) is 5.10 Å². The Morgan fingerprint density at radius 3 is 2.67 bits per heavy atom. The molecular weight excluding hydrogens is 394 g/mol. The Kier molecular flexibility index (Phi) is 5.33. The molecule has 0 atom stereocenters. The molecule has 0 spiro atoms. The van der Waals surface area contributed by atoms with E-state index in [1.807, 2.05) is 0 Å². The summed E-state index contributed by atoms with van der Waals surface area (Å²) in [6.45, 7) is 1.71. The van der Waals surface area contributed by atoms with Crippen LogP contribution in [-0.2, 0) is 4.79 Å². The zero-order valence-corrected chi connectivity index (χ0v) is 15.3. The average molecular weight is 406 g/mol. The number of benzene rings is 1. The second-order valence-corrected chi connectivity index (χ2v) is 6.74. The van der Waals surface area contributed by atoms with Crippen LogP contribution in [0.3, 0.4) is 0 Å². The first kappa shape index (κ1) is 18.7. The molecule has 3 aromatic rings. The van der Waals surface area contributed by atoms with Crippen LogP contribution < -0.4 is 0 Å². The van der Waals surface area contributed by atoms with Gasteiger partial charge in [0.25, 0.3) is 0 Å². The van der Waals surface area contributed by atoms with Crippen molar-refractivity contribution in [3.05, 3.63) is 57.4 Å². The van der Waals surface area contributed by atoms with Crippen LogP contribution in [0.2, 0.25) is 5.02 Å². The van der Waals surface area contributed by atoms with E-state index in [4.69, 9.17) is 21.1 Å². The van der Waals surface area contributed by atoms with Gasteiger partial charge in [-0.25, -0.2) is 14.6 Å². The quantitative estimate of drug-likeness (QED) is 0.415. The number of furan rings is 1. The minimum Gasteiger partial charge on any atom is -0.478 e. The number of carboxylic acid groups (broad SMARTS) is 2. The van der Waals surface area contributed by atoms with Crippen LogP contribution in [0.5, 0.6) is 0 Å². The first-order valence-electron chi connectivity index (χ1n) is 7.48. The molecule has 1 aromatic carbocycles. The van der Waals surface area contributed by atoms with Crippen molar-refractivity contribution in [2.75, 3.05) is 0 Å². The first-order chi connectivity index (χ1) is 12.8. The van der Waals surface area contributed by atoms with Gasteiger partial charge in [0, 0.05) is 11.6 Å². The molecule has 0 radical (unpaired) electrons. The zero-order valence-electron chi connectivity index (χ0n) is 13.8. The van der Waals surface area contributed by atoms with Gasteiger partial charge in [-0.2, -0.15) is 0 Å². The lowest BCUT2D eigenvalue weighted by Crippen LogP contribution is -1.97. The zero-order chi connectivity index (χ0) is 19.6. The molecule has 0 aliphatic carbocycles. The van der Waals surface area contributed by atoms with Gasteiger partial charge in [-0.05, 0) is 49.0 Å². The fourth-order valence-electron chi connectivity index (χ4n) is 2.16. The number of aromatic nitrogens is 3. The fraction of sp³-hybridized carbons (Fsp3) is 0.0588. The molecule has 0 aliphatic heterocycles. The molecule has 8 nitrogen and oxygen atoms in total. The number of thioether (sulfide) groups is 1. The van der Waals surface area contributed by atoms with E-state index >= 15 is 0 Å². The number of aromatic carboxylic acids is 1. The molecule has 0 amide bonds. The van der Waals surface area contributed by atoms with Crippen LogP contribution in [0.4, 0.5) is 0 Å². The maximum atomic E-state index is 11.5. The van der Waals surface area contributed by atoms with E-state index in [1.54, 1.807) is 25.1 Å². The van der Waals surface area contributed by atoms with Gasteiger partial charge in [0.1, 0.15) is 22.3 Å². The van der Waals surface area contributed by atoms with Crippen molar-refractivity contribution in [1.29, 1.82) is 0 Å². The maximum Gasteiger partial charge on any atom is 0.342 e. The molecule has 27 heavy (non-hydrogen) atoms. The third-order valence-corrected chi connectivity index (χ3v) is 4.58. The van der Waals surface area contributed by atoms with Gasteiger partial charge in [-0.1, -0.05) is 11.6 Å². The lowest BCUT2D eigenvalue weighted by molar-refractivity contribution is -0.131. The van der Waals surface area contributed by atoms with E-state index in [1.165, 1.54) is 18.2 Å². The molecule has 3 N–H and O–H groups in total. The topological polar surface area (TPSA) is 129 Å². The summed E-state index contributed by atoms with van der Waals surface area (Å²) in [4.78, 5) is 26.7. The Morgan fingerprint density at radius 1 is 1.26 bits per heavy atom. The van der Waals surface area contributed by atoms with Crippen molar-refractivity contribution in [3.8, 4) is 11.3 Å². The predicted molar refractivity (Wildman–Crippen MR) is 98.7 cm³/mol. The second kappa shape index (κ2) is 7.68. The van der Waals surface area contributed by atoms with E-state index in [-0.39, 0.29) is 26.4 Å². The molecule has 2 aromatic heterocycles. The Balaban J connectivity index is 1.89. The van der Waals surface area contributed by atoms with E-state index in [0.717, 1.165) is 11.8 Å². The fourth-order valence-corrected chi connectivity index (χ4v) is 3.09. The summed E-state index contributed by atoms with van der Waals surface area (Å²) in [5, 5.41) is 25.5. The van der Waals surface area contributed by atoms with Gasteiger partial charge in [0.05, 0.1) is 10.6 Å². The third kappa shape index (κ3) is 4.39. The number of nitrogens with zero attached hydrogens (tertiary/aromatic N) is 2. The van der Waals surface area contributed by atoms with Crippen LogP contribution in [0.1, 0.15) is 21.9 Å². The Morgan fingerprint density at radius 2 is 2.04 bits per heavy atom. The largest absolute Gasteiger partial charge is 0.478 e. The molecule has 0 saturated carbocycles. The van der Waals surface area contributed by atoms with Crippen molar-refractivity contribution in [1.82, 2.24) is 15.2 Å². The van der Waals surface area contributed by atoms with Crippen molar-refractivity contribution in [2.24, 2.45) is 0 Å². The number of H-pyrrole nitrogens is 1. The van der Waals surface area contributed by atoms with E-state index < -0.39 is 11.9 Å². The van der Waals surface area contributed by atoms with Crippen LogP contribution >= 0.6 is 23.4 Å². The maximum absolute atomic E-state index is 11.5. The normalized spacial score (nSPS) is 11.6. The molecule has 0 bridgehead atoms. The molecule has 2 heterocycles. The number of aryl methyl sites for hydroxylation is 1. The Bertz CT molecular complexity index is 1060. The van der Waals surface area contributed by atoms with Crippen molar-refractivity contribution >= 4 is 41.4 Å². The monoisotopic (exact) mass is 405 g/mol. The number of aromatic amines is 1. The van der Waals surface area contributed by atoms with Crippen molar-refractivity contribution in [2.45, 2.75) is 12.1 Å². The minimum absolute atomic E-state index is 0.0303. The summed E-state index contributed by atoms with van der Waals surface area (Å²) in [7, 11) is 0. The summed E-state index contributed by atoms with van der Waals surface area (Å²) in [6.07, 6.45) is 1.34. The minimum atomic E-state index is -1.15. The highest BCUT2D eigenvalue weighted by Gasteiger charge is 2.15. The molecule has 10 heteroatoms. The van der Waals surface area contributed by atoms with Crippen LogP contribution in [0.15, 0.2) is 44.8 Å². The number of hydrogen-bond donors (Lipinski definition) is 3. The molecule has 0 saturated heterocycles. The number of carbonyl (C=O) groups is 2. The number of carboxylic acids is 2. The van der Waals surface area contributed by atoms with Crippen LogP contribution in [-0.4, -0.2) is 37.3 Å². The summed E-state index contributed by atoms with van der Waals surface area (Å²) in [6, 6.07) is 7.66. The van der Waals surface area contributed by atoms with Crippen molar-refractivity contribution in [3.63, 3.8) is 0 Å². The number of rotatable bonds is 6. The molecule has 138 valence electrons. The average Bonchev–Trinajstić information content (AvgIpc) is 3.23. The molecule has 0 unspecified atom stereocenters. The Labute approximate surface area is 161 Å². The molecular formula is C17H12ClN3O5S. The number of nitrogens with one attached hydrogen (secondary N) is 1. The standard InChI is InChI=1S/C17H12ClN3O5S/c1-8-19-17(21-20-8)27-14(16(24)25)7-10-3-5-13(26-10)9-2-4-12(18)11(6-9)15(22)23/h2-7H,1H3,(H,22,23)(H,24,25)(H,19,20,21)/b14-7-. The number of hydrogen-bond acceptors (Lipinski definition) is 6. The van der Waals surface area contributed by atoms with Crippen LogP contribution in [0, 0.1) is 6.92 Å². The van der Waals surface area contributed by atoms with Gasteiger partial charge >= 0.3 is 11.9 Å². The lowest BCUT2D eigenvalue weighted by atomic mass is 10.1.